The summed E-state index contributed by atoms with van der Waals surface area (Å²) in [5, 5.41) is 19.0. The molecule has 0 saturated carbocycles. The summed E-state index contributed by atoms with van der Waals surface area (Å²) in [6, 6.07) is 10.4. The molecule has 3 aromatic rings. The molecule has 9 nitrogen and oxygen atoms in total. The van der Waals surface area contributed by atoms with Gasteiger partial charge in [-0.3, -0.25) is 9.78 Å². The van der Waals surface area contributed by atoms with Gasteiger partial charge in [-0.05, 0) is 61.1 Å². The van der Waals surface area contributed by atoms with Gasteiger partial charge in [0, 0.05) is 42.8 Å². The van der Waals surface area contributed by atoms with E-state index >= 15 is 0 Å². The molecular formula is C23H21ClF2N6O3S. The normalized spacial score (nSPS) is 15.3. The Labute approximate surface area is 215 Å². The Kier molecular flexibility index (Phi) is 7.77. The van der Waals surface area contributed by atoms with E-state index in [4.69, 9.17) is 23.8 Å². The van der Waals surface area contributed by atoms with Crippen molar-refractivity contribution in [1.82, 2.24) is 9.97 Å². The summed E-state index contributed by atoms with van der Waals surface area (Å²) in [4.78, 5) is 23.3. The highest BCUT2D eigenvalue weighted by Gasteiger charge is 2.27. The minimum absolute atomic E-state index is 0.159. The zero-order valence-corrected chi connectivity index (χ0v) is 20.2. The van der Waals surface area contributed by atoms with E-state index in [1.54, 1.807) is 30.6 Å². The van der Waals surface area contributed by atoms with E-state index in [0.717, 1.165) is 0 Å². The van der Waals surface area contributed by atoms with Gasteiger partial charge < -0.3 is 30.7 Å². The van der Waals surface area contributed by atoms with E-state index in [-0.39, 0.29) is 16.4 Å². The highest BCUT2D eigenvalue weighted by molar-refractivity contribution is 7.80. The number of ether oxygens (including phenoxy) is 1. The van der Waals surface area contributed by atoms with Crippen molar-refractivity contribution in [2.45, 2.75) is 18.1 Å². The Morgan fingerprint density at radius 2 is 1.94 bits per heavy atom. The number of aromatic nitrogens is 2. The molecule has 1 fully saturated rings. The van der Waals surface area contributed by atoms with Crippen LogP contribution in [0.2, 0.25) is 0 Å². The molecule has 13 heteroatoms. The van der Waals surface area contributed by atoms with Gasteiger partial charge in [0.1, 0.15) is 5.75 Å². The number of aliphatic hydroxyl groups is 1. The first-order valence-electron chi connectivity index (χ1n) is 10.7. The second-order valence-corrected chi connectivity index (χ2v) is 8.68. The third kappa shape index (κ3) is 6.97. The van der Waals surface area contributed by atoms with Crippen LogP contribution in [0.1, 0.15) is 16.8 Å². The van der Waals surface area contributed by atoms with Crippen LogP contribution in [0.15, 0.2) is 61.1 Å². The fourth-order valence-corrected chi connectivity index (χ4v) is 3.84. The number of alkyl halides is 3. The number of aliphatic hydroxyl groups excluding tert-OH is 1. The summed E-state index contributed by atoms with van der Waals surface area (Å²) in [5.74, 6) is -0.115. The number of nitrogens with one attached hydrogen (secondary N) is 3. The molecule has 0 aliphatic carbocycles. The van der Waals surface area contributed by atoms with Crippen molar-refractivity contribution in [3.05, 3.63) is 66.6 Å². The lowest BCUT2D eigenvalue weighted by atomic mass is 10.2. The van der Waals surface area contributed by atoms with Crippen molar-refractivity contribution in [2.75, 3.05) is 33.9 Å². The number of carbonyl (C=O) groups is 1. The zero-order valence-electron chi connectivity index (χ0n) is 18.6. The molecule has 36 heavy (non-hydrogen) atoms. The largest absolute Gasteiger partial charge is 0.487 e. The lowest BCUT2D eigenvalue weighted by Crippen LogP contribution is -2.26. The molecule has 2 aromatic heterocycles. The molecule has 0 bridgehead atoms. The van der Waals surface area contributed by atoms with Gasteiger partial charge in [-0.25, -0.2) is 4.98 Å². The Bertz CT molecular complexity index is 1230. The van der Waals surface area contributed by atoms with Crippen LogP contribution in [0.25, 0.3) is 0 Å². The molecule has 4 rings (SSSR count). The molecule has 1 aliphatic heterocycles. The first-order chi connectivity index (χ1) is 17.2. The van der Waals surface area contributed by atoms with Gasteiger partial charge in [-0.2, -0.15) is 0 Å². The lowest BCUT2D eigenvalue weighted by molar-refractivity contribution is -0.0964. The molecule has 1 aliphatic rings. The topological polar surface area (TPSA) is 112 Å². The Morgan fingerprint density at radius 3 is 2.58 bits per heavy atom. The van der Waals surface area contributed by atoms with Gasteiger partial charge in [-0.15, -0.1) is 8.78 Å². The van der Waals surface area contributed by atoms with Crippen LogP contribution in [0.5, 0.6) is 5.75 Å². The SMILES string of the molecule is O=C(Nc1ccc(OC(F)(F)Cl)cc1)c1cnc(N2CC[C@@H](O)C2)c(NC(=S)Nc2cccnc2)c1. The molecule has 3 heterocycles. The van der Waals surface area contributed by atoms with E-state index < -0.39 is 17.6 Å². The van der Waals surface area contributed by atoms with Crippen LogP contribution < -0.4 is 25.6 Å². The van der Waals surface area contributed by atoms with E-state index in [1.165, 1.54) is 30.5 Å². The molecule has 0 spiro atoms. The van der Waals surface area contributed by atoms with Crippen molar-refractivity contribution in [3.8, 4) is 5.75 Å². The number of carbonyl (C=O) groups excluding carboxylic acids is 1. The van der Waals surface area contributed by atoms with Crippen LogP contribution in [0.4, 0.5) is 31.7 Å². The average molecular weight is 535 g/mol. The van der Waals surface area contributed by atoms with E-state index in [2.05, 4.69) is 30.7 Å². The summed E-state index contributed by atoms with van der Waals surface area (Å²) in [5.41, 5.74) is -2.13. The van der Waals surface area contributed by atoms with Gasteiger partial charge in [0.05, 0.1) is 29.2 Å². The zero-order chi connectivity index (χ0) is 25.7. The van der Waals surface area contributed by atoms with Crippen LogP contribution in [0, 0.1) is 0 Å². The number of pyridine rings is 2. The van der Waals surface area contributed by atoms with Crippen molar-refractivity contribution < 1.29 is 23.4 Å². The second-order valence-electron chi connectivity index (χ2n) is 7.83. The molecule has 4 N–H and O–H groups in total. The maximum absolute atomic E-state index is 12.9. The second kappa shape index (κ2) is 11.0. The third-order valence-corrected chi connectivity index (χ3v) is 5.39. The fraction of sp³-hybridized carbons (Fsp3) is 0.217. The minimum Gasteiger partial charge on any atom is -0.420 e. The standard InChI is InChI=1S/C23H21ClF2N6O3S/c24-23(25,26)35-18-5-3-15(4-6-18)29-21(34)14-10-19(20(28-11-14)32-9-7-17(33)13-32)31-22(36)30-16-2-1-8-27-12-16/h1-6,8,10-12,17,33H,7,9,13H2,(H,29,34)(H2,30,31,36)/t17-/m1/s1. The predicted molar refractivity (Wildman–Crippen MR) is 137 cm³/mol. The summed E-state index contributed by atoms with van der Waals surface area (Å²) < 4.78 is 29.8. The molecule has 0 unspecified atom stereocenters. The lowest BCUT2D eigenvalue weighted by Gasteiger charge is -2.22. The van der Waals surface area contributed by atoms with Gasteiger partial charge in [0.25, 0.3) is 5.91 Å². The fourth-order valence-electron chi connectivity index (χ4n) is 3.52. The van der Waals surface area contributed by atoms with E-state index in [0.29, 0.717) is 42.4 Å². The molecular weight excluding hydrogens is 514 g/mol. The summed E-state index contributed by atoms with van der Waals surface area (Å²) >= 11 is 10.2. The van der Waals surface area contributed by atoms with Crippen molar-refractivity contribution in [2.24, 2.45) is 0 Å². The Morgan fingerprint density at radius 1 is 1.17 bits per heavy atom. The third-order valence-electron chi connectivity index (χ3n) is 5.11. The molecule has 0 radical (unpaired) electrons. The number of benzene rings is 1. The van der Waals surface area contributed by atoms with Crippen LogP contribution in [-0.4, -0.2) is 50.9 Å². The number of anilines is 4. The number of amides is 1. The molecule has 1 atom stereocenters. The van der Waals surface area contributed by atoms with E-state index in [9.17, 15) is 18.7 Å². The maximum atomic E-state index is 12.9. The number of nitrogens with zero attached hydrogens (tertiary/aromatic N) is 3. The van der Waals surface area contributed by atoms with Crippen molar-refractivity contribution >= 4 is 57.7 Å². The van der Waals surface area contributed by atoms with E-state index in [1.807, 2.05) is 4.90 Å². The smallest absolute Gasteiger partial charge is 0.420 e. The number of hydrogen-bond acceptors (Lipinski definition) is 7. The number of β-amino-alcohol motifs (C(OH)–C–C–N with tert-alkyl or cyclic N) is 1. The highest BCUT2D eigenvalue weighted by atomic mass is 35.5. The molecule has 1 saturated heterocycles. The highest BCUT2D eigenvalue weighted by Crippen LogP contribution is 2.29. The van der Waals surface area contributed by atoms with Gasteiger partial charge in [-0.1, -0.05) is 0 Å². The van der Waals surface area contributed by atoms with Crippen molar-refractivity contribution in [3.63, 3.8) is 0 Å². The summed E-state index contributed by atoms with van der Waals surface area (Å²) in [6.07, 6.45) is 4.77. The predicted octanol–water partition coefficient (Wildman–Crippen LogP) is 4.28. The quantitative estimate of drug-likeness (QED) is 0.261. The maximum Gasteiger partial charge on any atom is 0.487 e. The Balaban J connectivity index is 1.51. The van der Waals surface area contributed by atoms with Gasteiger partial charge in [0.2, 0.25) is 0 Å². The Hall–Kier alpha value is -3.61. The van der Waals surface area contributed by atoms with Crippen molar-refractivity contribution in [1.29, 1.82) is 0 Å². The first-order valence-corrected chi connectivity index (χ1v) is 11.5. The summed E-state index contributed by atoms with van der Waals surface area (Å²) in [6.45, 7) is 0.985. The van der Waals surface area contributed by atoms with Gasteiger partial charge in [0.15, 0.2) is 10.9 Å². The molecule has 1 amide bonds. The van der Waals surface area contributed by atoms with Crippen LogP contribution in [0.3, 0.4) is 0 Å². The molecule has 188 valence electrons. The first kappa shape index (κ1) is 25.5. The number of halogens is 3. The van der Waals surface area contributed by atoms with Gasteiger partial charge >= 0.3 is 5.57 Å². The minimum atomic E-state index is -3.83. The number of thiocarbonyl (C=S) groups is 1. The monoisotopic (exact) mass is 534 g/mol. The van der Waals surface area contributed by atoms with Crippen LogP contribution >= 0.6 is 23.8 Å². The molecule has 1 aromatic carbocycles. The number of rotatable bonds is 7. The number of hydrogen-bond donors (Lipinski definition) is 4. The van der Waals surface area contributed by atoms with Crippen LogP contribution in [-0.2, 0) is 0 Å². The summed E-state index contributed by atoms with van der Waals surface area (Å²) in [7, 11) is 0. The average Bonchev–Trinajstić information content (AvgIpc) is 3.26.